The van der Waals surface area contributed by atoms with Crippen molar-refractivity contribution in [3.05, 3.63) is 22.5 Å². The van der Waals surface area contributed by atoms with Gasteiger partial charge in [0.1, 0.15) is 18.0 Å². The van der Waals surface area contributed by atoms with Gasteiger partial charge in [-0.25, -0.2) is 4.79 Å². The predicted molar refractivity (Wildman–Crippen MR) is 115 cm³/mol. The monoisotopic (exact) mass is 425 g/mol. The number of ether oxygens (including phenoxy) is 1. The van der Waals surface area contributed by atoms with Gasteiger partial charge in [-0.1, -0.05) is 13.8 Å². The van der Waals surface area contributed by atoms with Crippen molar-refractivity contribution in [1.82, 2.24) is 25.3 Å². The third-order valence-corrected chi connectivity index (χ3v) is 4.31. The molecule has 1 aromatic rings. The molecule has 0 spiro atoms. The second-order valence-electron chi connectivity index (χ2n) is 8.40. The van der Waals surface area contributed by atoms with E-state index in [0.717, 1.165) is 6.42 Å². The molecule has 1 amide bonds. The fourth-order valence-electron chi connectivity index (χ4n) is 2.71. The Balaban J connectivity index is 2.50. The lowest BCUT2D eigenvalue weighted by molar-refractivity contribution is -0.385. The number of nitrogens with zero attached hydrogens (tertiary/aromatic N) is 5. The van der Waals surface area contributed by atoms with Crippen LogP contribution in [0.4, 0.5) is 10.5 Å². The van der Waals surface area contributed by atoms with Gasteiger partial charge in [-0.3, -0.25) is 19.8 Å². The molecule has 0 radical (unpaired) electrons. The number of hydrogen-bond acceptors (Lipinski definition) is 6. The maximum absolute atomic E-state index is 12.1. The van der Waals surface area contributed by atoms with Crippen LogP contribution in [-0.2, 0) is 11.3 Å². The van der Waals surface area contributed by atoms with E-state index in [0.29, 0.717) is 25.6 Å². The maximum atomic E-state index is 12.1. The highest BCUT2D eigenvalue weighted by atomic mass is 16.6. The van der Waals surface area contributed by atoms with Crippen LogP contribution in [0.1, 0.15) is 41.0 Å². The number of nitrogens with one attached hydrogen (secondary N) is 2. The highest BCUT2D eigenvalue weighted by molar-refractivity contribution is 5.79. The summed E-state index contributed by atoms with van der Waals surface area (Å²) in [6.45, 7) is 11.3. The standard InChI is InChI=1S/C19H35N7O4/c1-14(2)16(23-18(27)30-19(3,4)5)8-10-24(7)17(20-6)21-9-11-25-13-15(12-22-25)26(28)29/h12-14,16H,8-11H2,1-7H3,(H,20,21)(H,23,27). The highest BCUT2D eigenvalue weighted by Gasteiger charge is 2.22. The molecule has 0 aliphatic heterocycles. The molecule has 1 rings (SSSR count). The van der Waals surface area contributed by atoms with Crippen LogP contribution in [0.25, 0.3) is 0 Å². The van der Waals surface area contributed by atoms with Crippen molar-refractivity contribution in [2.24, 2.45) is 10.9 Å². The molecule has 0 aromatic carbocycles. The van der Waals surface area contributed by atoms with Gasteiger partial charge in [0, 0.05) is 33.2 Å². The Morgan fingerprint density at radius 3 is 2.60 bits per heavy atom. The van der Waals surface area contributed by atoms with Crippen molar-refractivity contribution >= 4 is 17.7 Å². The normalized spacial score (nSPS) is 13.1. The van der Waals surface area contributed by atoms with Crippen molar-refractivity contribution in [2.75, 3.05) is 27.2 Å². The molecule has 170 valence electrons. The van der Waals surface area contributed by atoms with Gasteiger partial charge in [0.25, 0.3) is 0 Å². The molecule has 11 heteroatoms. The first-order chi connectivity index (χ1) is 13.9. The maximum Gasteiger partial charge on any atom is 0.407 e. The molecule has 30 heavy (non-hydrogen) atoms. The summed E-state index contributed by atoms with van der Waals surface area (Å²) < 4.78 is 6.87. The minimum Gasteiger partial charge on any atom is -0.444 e. The summed E-state index contributed by atoms with van der Waals surface area (Å²) in [5.41, 5.74) is -0.572. The zero-order chi connectivity index (χ0) is 22.9. The molecule has 11 nitrogen and oxygen atoms in total. The van der Waals surface area contributed by atoms with Crippen molar-refractivity contribution in [1.29, 1.82) is 0 Å². The van der Waals surface area contributed by atoms with Crippen molar-refractivity contribution < 1.29 is 14.5 Å². The highest BCUT2D eigenvalue weighted by Crippen LogP contribution is 2.11. The van der Waals surface area contributed by atoms with Crippen molar-refractivity contribution in [3.8, 4) is 0 Å². The number of carbonyl (C=O) groups excluding carboxylic acids is 1. The van der Waals surface area contributed by atoms with E-state index < -0.39 is 16.6 Å². The number of carbonyl (C=O) groups is 1. The Morgan fingerprint density at radius 2 is 2.10 bits per heavy atom. The number of rotatable bonds is 9. The molecule has 1 heterocycles. The number of hydrogen-bond donors (Lipinski definition) is 2. The molecule has 0 aliphatic carbocycles. The summed E-state index contributed by atoms with van der Waals surface area (Å²) in [6.07, 6.45) is 2.92. The Labute approximate surface area is 178 Å². The molecule has 1 aromatic heterocycles. The first kappa shape index (κ1) is 25.2. The lowest BCUT2D eigenvalue weighted by Gasteiger charge is -2.28. The van der Waals surface area contributed by atoms with Gasteiger partial charge in [-0.15, -0.1) is 0 Å². The third kappa shape index (κ3) is 9.10. The summed E-state index contributed by atoms with van der Waals surface area (Å²) >= 11 is 0. The molecular formula is C19H35N7O4. The molecule has 0 saturated carbocycles. The van der Waals surface area contributed by atoms with Crippen LogP contribution in [-0.4, -0.2) is 70.5 Å². The number of nitro groups is 1. The summed E-state index contributed by atoms with van der Waals surface area (Å²) in [5, 5.41) is 20.8. The Morgan fingerprint density at radius 1 is 1.43 bits per heavy atom. The van der Waals surface area contributed by atoms with Gasteiger partial charge >= 0.3 is 11.8 Å². The summed E-state index contributed by atoms with van der Waals surface area (Å²) in [4.78, 5) is 28.6. The van der Waals surface area contributed by atoms with Crippen molar-refractivity contribution in [2.45, 2.75) is 59.2 Å². The van der Waals surface area contributed by atoms with E-state index in [1.165, 1.54) is 17.1 Å². The second kappa shape index (κ2) is 11.4. The largest absolute Gasteiger partial charge is 0.444 e. The quantitative estimate of drug-likeness (QED) is 0.269. The van der Waals surface area contributed by atoms with E-state index in [4.69, 9.17) is 4.74 Å². The average molecular weight is 426 g/mol. The van der Waals surface area contributed by atoms with Gasteiger partial charge in [-0.05, 0) is 33.1 Å². The number of amides is 1. The summed E-state index contributed by atoms with van der Waals surface area (Å²) in [5.74, 6) is 0.938. The second-order valence-corrected chi connectivity index (χ2v) is 8.40. The number of alkyl carbamates (subject to hydrolysis) is 1. The summed E-state index contributed by atoms with van der Waals surface area (Å²) in [7, 11) is 3.61. The van der Waals surface area contributed by atoms with Crippen LogP contribution in [0.5, 0.6) is 0 Å². The number of guanidine groups is 1. The van der Waals surface area contributed by atoms with E-state index in [-0.39, 0.29) is 17.6 Å². The fraction of sp³-hybridized carbons (Fsp3) is 0.737. The first-order valence-corrected chi connectivity index (χ1v) is 10.0. The number of aromatic nitrogens is 2. The minimum absolute atomic E-state index is 0.0336. The van der Waals surface area contributed by atoms with Crippen LogP contribution in [0.15, 0.2) is 17.4 Å². The molecule has 0 fully saturated rings. The molecule has 2 N–H and O–H groups in total. The van der Waals surface area contributed by atoms with Crippen LogP contribution in [0, 0.1) is 16.0 Å². The van der Waals surface area contributed by atoms with E-state index in [2.05, 4.69) is 34.6 Å². The lowest BCUT2D eigenvalue weighted by atomic mass is 10.0. The predicted octanol–water partition coefficient (Wildman–Crippen LogP) is 2.24. The van der Waals surface area contributed by atoms with E-state index >= 15 is 0 Å². The Hall–Kier alpha value is -2.85. The van der Waals surface area contributed by atoms with E-state index in [1.807, 2.05) is 32.7 Å². The third-order valence-electron chi connectivity index (χ3n) is 4.31. The van der Waals surface area contributed by atoms with E-state index in [9.17, 15) is 14.9 Å². The van der Waals surface area contributed by atoms with Crippen LogP contribution >= 0.6 is 0 Å². The van der Waals surface area contributed by atoms with Gasteiger partial charge < -0.3 is 20.3 Å². The molecule has 0 bridgehead atoms. The topological polar surface area (TPSA) is 127 Å². The van der Waals surface area contributed by atoms with Gasteiger partial charge in [0.2, 0.25) is 0 Å². The lowest BCUT2D eigenvalue weighted by Crippen LogP contribution is -2.45. The minimum atomic E-state index is -0.538. The molecule has 1 atom stereocenters. The van der Waals surface area contributed by atoms with Crippen molar-refractivity contribution in [3.63, 3.8) is 0 Å². The Kier molecular flexibility index (Phi) is 9.54. The fourth-order valence-corrected chi connectivity index (χ4v) is 2.71. The van der Waals surface area contributed by atoms with Crippen LogP contribution in [0.2, 0.25) is 0 Å². The number of aliphatic imine (C=N–C) groups is 1. The average Bonchev–Trinajstić information content (AvgIpc) is 3.09. The zero-order valence-corrected chi connectivity index (χ0v) is 19.0. The molecule has 0 aliphatic rings. The van der Waals surface area contributed by atoms with Gasteiger partial charge in [-0.2, -0.15) is 5.10 Å². The molecule has 0 saturated heterocycles. The summed E-state index contributed by atoms with van der Waals surface area (Å²) in [6, 6.07) is -0.0370. The SMILES string of the molecule is CN=C(NCCn1cc([N+](=O)[O-])cn1)N(C)CCC(NC(=O)OC(C)(C)C)C(C)C. The Bertz CT molecular complexity index is 725. The van der Waals surface area contributed by atoms with Crippen LogP contribution < -0.4 is 10.6 Å². The smallest absolute Gasteiger partial charge is 0.407 e. The molecular weight excluding hydrogens is 390 g/mol. The van der Waals surface area contributed by atoms with Gasteiger partial charge in [0.15, 0.2) is 5.96 Å². The first-order valence-electron chi connectivity index (χ1n) is 10.0. The van der Waals surface area contributed by atoms with Gasteiger partial charge in [0.05, 0.1) is 11.5 Å². The zero-order valence-electron chi connectivity index (χ0n) is 19.0. The van der Waals surface area contributed by atoms with Crippen LogP contribution in [0.3, 0.4) is 0 Å². The molecule has 1 unspecified atom stereocenters. The van der Waals surface area contributed by atoms with E-state index in [1.54, 1.807) is 7.05 Å².